The molecule has 1 amide bonds. The van der Waals surface area contributed by atoms with Gasteiger partial charge in [0.25, 0.3) is 5.91 Å². The minimum atomic E-state index is -3.81. The molecule has 1 N–H and O–H groups in total. The van der Waals surface area contributed by atoms with E-state index >= 15 is 0 Å². The number of carbonyl (C=O) groups excluding carboxylic acids is 2. The van der Waals surface area contributed by atoms with E-state index in [2.05, 4.69) is 18.6 Å². The van der Waals surface area contributed by atoms with E-state index in [0.29, 0.717) is 24.9 Å². The SMILES string of the molecule is CC1CC(C)CN(C(=O)COC(=O)c2cccc(S(=O)(=O)NCc3ccccc3)c2)C1. The lowest BCUT2D eigenvalue weighted by molar-refractivity contribution is -0.137. The molecule has 0 radical (unpaired) electrons. The number of benzene rings is 2. The summed E-state index contributed by atoms with van der Waals surface area (Å²) in [7, 11) is -3.81. The third kappa shape index (κ3) is 6.38. The van der Waals surface area contributed by atoms with Crippen LogP contribution in [0.4, 0.5) is 0 Å². The summed E-state index contributed by atoms with van der Waals surface area (Å²) in [4.78, 5) is 26.5. The van der Waals surface area contributed by atoms with Crippen LogP contribution < -0.4 is 4.72 Å². The van der Waals surface area contributed by atoms with Crippen LogP contribution in [0.3, 0.4) is 0 Å². The van der Waals surface area contributed by atoms with Crippen molar-refractivity contribution in [2.24, 2.45) is 11.8 Å². The predicted molar refractivity (Wildman–Crippen MR) is 117 cm³/mol. The number of ether oxygens (including phenoxy) is 1. The van der Waals surface area contributed by atoms with E-state index in [4.69, 9.17) is 4.74 Å². The summed E-state index contributed by atoms with van der Waals surface area (Å²) in [5.74, 6) is -0.144. The first kappa shape index (κ1) is 23.0. The monoisotopic (exact) mass is 444 g/mol. The number of sulfonamides is 1. The van der Waals surface area contributed by atoms with Gasteiger partial charge in [0.2, 0.25) is 10.0 Å². The van der Waals surface area contributed by atoms with Crippen molar-refractivity contribution in [3.8, 4) is 0 Å². The number of nitrogens with one attached hydrogen (secondary N) is 1. The molecule has 0 saturated carbocycles. The van der Waals surface area contributed by atoms with Crippen LogP contribution >= 0.6 is 0 Å². The fourth-order valence-corrected chi connectivity index (χ4v) is 4.88. The molecule has 3 rings (SSSR count). The number of hydrogen-bond acceptors (Lipinski definition) is 5. The summed E-state index contributed by atoms with van der Waals surface area (Å²) in [5.41, 5.74) is 0.900. The molecule has 7 nitrogen and oxygen atoms in total. The van der Waals surface area contributed by atoms with E-state index in [0.717, 1.165) is 12.0 Å². The lowest BCUT2D eigenvalue weighted by Gasteiger charge is -2.34. The van der Waals surface area contributed by atoms with Crippen molar-refractivity contribution < 1.29 is 22.7 Å². The van der Waals surface area contributed by atoms with Crippen molar-refractivity contribution >= 4 is 21.9 Å². The fraction of sp³-hybridized carbons (Fsp3) is 0.391. The van der Waals surface area contributed by atoms with Crippen molar-refractivity contribution in [2.45, 2.75) is 31.7 Å². The largest absolute Gasteiger partial charge is 0.452 e. The van der Waals surface area contributed by atoms with Crippen molar-refractivity contribution in [3.05, 3.63) is 65.7 Å². The van der Waals surface area contributed by atoms with E-state index in [-0.39, 0.29) is 29.5 Å². The Kier molecular flexibility index (Phi) is 7.46. The Hall–Kier alpha value is -2.71. The quantitative estimate of drug-likeness (QED) is 0.663. The third-order valence-corrected chi connectivity index (χ3v) is 6.64. The van der Waals surface area contributed by atoms with Gasteiger partial charge in [-0.1, -0.05) is 50.2 Å². The first-order valence-corrected chi connectivity index (χ1v) is 11.8. The van der Waals surface area contributed by atoms with Crippen molar-refractivity contribution in [1.29, 1.82) is 0 Å². The molecule has 2 aromatic rings. The Balaban J connectivity index is 1.59. The molecule has 0 spiro atoms. The van der Waals surface area contributed by atoms with Crippen LogP contribution in [0.25, 0.3) is 0 Å². The van der Waals surface area contributed by atoms with Gasteiger partial charge in [0.1, 0.15) is 0 Å². The Morgan fingerprint density at radius 3 is 2.39 bits per heavy atom. The molecular formula is C23H28N2O5S. The Labute approximate surface area is 183 Å². The maximum absolute atomic E-state index is 12.6. The molecule has 1 saturated heterocycles. The van der Waals surface area contributed by atoms with Crippen LogP contribution in [0, 0.1) is 11.8 Å². The third-order valence-electron chi connectivity index (χ3n) is 5.24. The zero-order valence-electron chi connectivity index (χ0n) is 17.8. The van der Waals surface area contributed by atoms with E-state index < -0.39 is 16.0 Å². The first-order chi connectivity index (χ1) is 14.7. The smallest absolute Gasteiger partial charge is 0.338 e. The highest BCUT2D eigenvalue weighted by Gasteiger charge is 2.26. The molecule has 0 bridgehead atoms. The molecule has 1 aliphatic rings. The van der Waals surface area contributed by atoms with Crippen molar-refractivity contribution in [3.63, 3.8) is 0 Å². The van der Waals surface area contributed by atoms with Crippen LogP contribution in [0.5, 0.6) is 0 Å². The summed E-state index contributed by atoms with van der Waals surface area (Å²) in [6, 6.07) is 14.7. The van der Waals surface area contributed by atoms with Gasteiger partial charge in [0.15, 0.2) is 6.61 Å². The number of hydrogen-bond donors (Lipinski definition) is 1. The number of esters is 1. The molecule has 166 valence electrons. The minimum absolute atomic E-state index is 0.0390. The Morgan fingerprint density at radius 1 is 1.03 bits per heavy atom. The average Bonchev–Trinajstić information content (AvgIpc) is 2.76. The van der Waals surface area contributed by atoms with E-state index in [9.17, 15) is 18.0 Å². The topological polar surface area (TPSA) is 92.8 Å². The molecule has 0 aliphatic carbocycles. The van der Waals surface area contributed by atoms with Gasteiger partial charge in [-0.3, -0.25) is 4.79 Å². The van der Waals surface area contributed by atoms with Gasteiger partial charge in [-0.2, -0.15) is 0 Å². The maximum Gasteiger partial charge on any atom is 0.338 e. The Bertz CT molecular complexity index is 1010. The molecule has 2 atom stereocenters. The highest BCUT2D eigenvalue weighted by Crippen LogP contribution is 2.21. The van der Waals surface area contributed by atoms with E-state index in [1.165, 1.54) is 24.3 Å². The van der Waals surface area contributed by atoms with Crippen LogP contribution in [0.15, 0.2) is 59.5 Å². The van der Waals surface area contributed by atoms with Gasteiger partial charge in [-0.15, -0.1) is 0 Å². The summed E-state index contributed by atoms with van der Waals surface area (Å²) >= 11 is 0. The standard InChI is InChI=1S/C23H28N2O5S/c1-17-11-18(2)15-25(14-17)22(26)16-30-23(27)20-9-6-10-21(12-20)31(28,29)24-13-19-7-4-3-5-8-19/h3-10,12,17-18,24H,11,13-16H2,1-2H3. The summed E-state index contributed by atoms with van der Waals surface area (Å²) in [6.07, 6.45) is 1.07. The predicted octanol–water partition coefficient (Wildman–Crippen LogP) is 2.83. The molecule has 1 heterocycles. The number of carbonyl (C=O) groups is 2. The lowest BCUT2D eigenvalue weighted by atomic mass is 9.92. The number of amides is 1. The lowest BCUT2D eigenvalue weighted by Crippen LogP contribution is -2.44. The van der Waals surface area contributed by atoms with Gasteiger partial charge in [-0.05, 0) is 42.0 Å². The normalized spacial score (nSPS) is 19.1. The molecule has 2 unspecified atom stereocenters. The van der Waals surface area contributed by atoms with Gasteiger partial charge in [0, 0.05) is 19.6 Å². The minimum Gasteiger partial charge on any atom is -0.452 e. The van der Waals surface area contributed by atoms with E-state index in [1.54, 1.807) is 4.90 Å². The molecule has 0 aromatic heterocycles. The highest BCUT2D eigenvalue weighted by atomic mass is 32.2. The van der Waals surface area contributed by atoms with Crippen molar-refractivity contribution in [2.75, 3.05) is 19.7 Å². The molecule has 8 heteroatoms. The van der Waals surface area contributed by atoms with Gasteiger partial charge in [0.05, 0.1) is 10.5 Å². The van der Waals surface area contributed by atoms with Crippen LogP contribution in [0.1, 0.15) is 36.2 Å². The highest BCUT2D eigenvalue weighted by molar-refractivity contribution is 7.89. The second-order valence-corrected chi connectivity index (χ2v) is 9.93. The molecule has 1 fully saturated rings. The number of likely N-dealkylation sites (tertiary alicyclic amines) is 1. The van der Waals surface area contributed by atoms with E-state index in [1.807, 2.05) is 30.3 Å². The van der Waals surface area contributed by atoms with Gasteiger partial charge in [-0.25, -0.2) is 17.9 Å². The average molecular weight is 445 g/mol. The fourth-order valence-electron chi connectivity index (χ4n) is 3.82. The second kappa shape index (κ2) is 10.1. The second-order valence-electron chi connectivity index (χ2n) is 8.16. The van der Waals surface area contributed by atoms with Crippen LogP contribution in [-0.4, -0.2) is 44.9 Å². The molecule has 31 heavy (non-hydrogen) atoms. The van der Waals surface area contributed by atoms with Crippen molar-refractivity contribution in [1.82, 2.24) is 9.62 Å². The van der Waals surface area contributed by atoms with Crippen LogP contribution in [-0.2, 0) is 26.1 Å². The maximum atomic E-state index is 12.6. The number of nitrogens with zero attached hydrogens (tertiary/aromatic N) is 1. The summed E-state index contributed by atoms with van der Waals surface area (Å²) in [6.45, 7) is 5.28. The van der Waals surface area contributed by atoms with Gasteiger partial charge < -0.3 is 9.64 Å². The molecule has 2 aromatic carbocycles. The zero-order valence-corrected chi connectivity index (χ0v) is 18.6. The van der Waals surface area contributed by atoms with Crippen LogP contribution in [0.2, 0.25) is 0 Å². The molecule has 1 aliphatic heterocycles. The number of piperidine rings is 1. The summed E-state index contributed by atoms with van der Waals surface area (Å²) in [5, 5.41) is 0. The number of rotatable bonds is 7. The van der Waals surface area contributed by atoms with Gasteiger partial charge >= 0.3 is 5.97 Å². The first-order valence-electron chi connectivity index (χ1n) is 10.3. The molecular weight excluding hydrogens is 416 g/mol. The summed E-state index contributed by atoms with van der Waals surface area (Å²) < 4.78 is 32.9. The Morgan fingerprint density at radius 2 is 1.71 bits per heavy atom. The zero-order chi connectivity index (χ0) is 22.4.